The molecule has 1 aliphatic rings. The summed E-state index contributed by atoms with van der Waals surface area (Å²) < 4.78 is 13.2. The van der Waals surface area contributed by atoms with Gasteiger partial charge in [0.2, 0.25) is 0 Å². The predicted octanol–water partition coefficient (Wildman–Crippen LogP) is 3.73. The maximum Gasteiger partial charge on any atom is 0.338 e. The second-order valence-electron chi connectivity index (χ2n) is 8.22. The van der Waals surface area contributed by atoms with Crippen molar-refractivity contribution >= 4 is 29.1 Å². The summed E-state index contributed by atoms with van der Waals surface area (Å²) in [6, 6.07) is 19.9. The molecule has 0 bridgehead atoms. The van der Waals surface area contributed by atoms with Gasteiger partial charge in [0.1, 0.15) is 5.75 Å². The van der Waals surface area contributed by atoms with Gasteiger partial charge < -0.3 is 9.47 Å². The SMILES string of the molecule is CCOC(=O)C1=C(c2ccccc2)N=c2sc(=Cc3cccnc3)c(=O)n2[C@@H]1c1ccc(OCC)cc1. The summed E-state index contributed by atoms with van der Waals surface area (Å²) in [5.74, 6) is 0.200. The number of aromatic nitrogens is 2. The fourth-order valence-corrected chi connectivity index (χ4v) is 5.28. The fourth-order valence-electron chi connectivity index (χ4n) is 4.28. The Kier molecular flexibility index (Phi) is 7.09. The first-order valence-corrected chi connectivity index (χ1v) is 12.8. The van der Waals surface area contributed by atoms with Crippen molar-refractivity contribution in [3.63, 3.8) is 0 Å². The van der Waals surface area contributed by atoms with E-state index in [4.69, 9.17) is 14.5 Å². The number of hydrogen-bond acceptors (Lipinski definition) is 7. The van der Waals surface area contributed by atoms with Gasteiger partial charge in [0.05, 0.1) is 35.1 Å². The van der Waals surface area contributed by atoms with E-state index < -0.39 is 12.0 Å². The second kappa shape index (κ2) is 10.8. The molecule has 7 nitrogen and oxygen atoms in total. The average molecular weight is 512 g/mol. The first kappa shape index (κ1) is 24.4. The van der Waals surface area contributed by atoms with Gasteiger partial charge in [-0.25, -0.2) is 9.79 Å². The fraction of sp³-hybridized carbons (Fsp3) is 0.172. The number of pyridine rings is 1. The molecule has 1 aliphatic heterocycles. The lowest BCUT2D eigenvalue weighted by molar-refractivity contribution is -0.138. The minimum absolute atomic E-state index is 0.200. The van der Waals surface area contributed by atoms with E-state index in [1.54, 1.807) is 30.0 Å². The Bertz CT molecular complexity index is 1620. The molecule has 2 aromatic heterocycles. The first-order valence-electron chi connectivity index (χ1n) is 12.0. The maximum atomic E-state index is 13.8. The van der Waals surface area contributed by atoms with E-state index >= 15 is 0 Å². The second-order valence-corrected chi connectivity index (χ2v) is 9.23. The molecule has 2 aromatic carbocycles. The van der Waals surface area contributed by atoms with Crippen molar-refractivity contribution in [2.75, 3.05) is 13.2 Å². The van der Waals surface area contributed by atoms with Crippen molar-refractivity contribution in [3.05, 3.63) is 121 Å². The smallest absolute Gasteiger partial charge is 0.338 e. The number of carbonyl (C=O) groups is 1. The van der Waals surface area contributed by atoms with Crippen molar-refractivity contribution in [2.24, 2.45) is 4.99 Å². The molecule has 0 aliphatic carbocycles. The average Bonchev–Trinajstić information content (AvgIpc) is 3.24. The summed E-state index contributed by atoms with van der Waals surface area (Å²) in [6.45, 7) is 4.42. The Morgan fingerprint density at radius 3 is 2.49 bits per heavy atom. The van der Waals surface area contributed by atoms with Gasteiger partial charge in [-0.2, -0.15) is 0 Å². The Morgan fingerprint density at radius 2 is 1.81 bits per heavy atom. The number of nitrogens with zero attached hydrogens (tertiary/aromatic N) is 3. The van der Waals surface area contributed by atoms with Gasteiger partial charge in [-0.05, 0) is 49.2 Å². The molecule has 37 heavy (non-hydrogen) atoms. The third kappa shape index (κ3) is 4.88. The van der Waals surface area contributed by atoms with Gasteiger partial charge in [0.25, 0.3) is 5.56 Å². The molecule has 3 heterocycles. The minimum Gasteiger partial charge on any atom is -0.494 e. The Morgan fingerprint density at radius 1 is 1.03 bits per heavy atom. The number of hydrogen-bond donors (Lipinski definition) is 0. The molecule has 0 spiro atoms. The van der Waals surface area contributed by atoms with Gasteiger partial charge in [-0.3, -0.25) is 14.3 Å². The van der Waals surface area contributed by atoms with Crippen LogP contribution in [0, 0.1) is 0 Å². The summed E-state index contributed by atoms with van der Waals surface area (Å²) in [4.78, 5) is 36.8. The van der Waals surface area contributed by atoms with Crippen LogP contribution in [-0.4, -0.2) is 28.7 Å². The highest BCUT2D eigenvalue weighted by Crippen LogP contribution is 2.35. The van der Waals surface area contributed by atoms with Crippen LogP contribution in [0.1, 0.15) is 36.6 Å². The summed E-state index contributed by atoms with van der Waals surface area (Å²) in [5, 5.41) is 0. The van der Waals surface area contributed by atoms with Crippen molar-refractivity contribution < 1.29 is 14.3 Å². The lowest BCUT2D eigenvalue weighted by Crippen LogP contribution is -2.40. The van der Waals surface area contributed by atoms with E-state index in [1.807, 2.05) is 73.7 Å². The molecule has 186 valence electrons. The standard InChI is InChI=1S/C29H25N3O4S/c1-3-35-22-14-12-21(13-15-22)26-24(28(34)36-4-2)25(20-10-6-5-7-11-20)31-29-32(26)27(33)23(37-29)17-19-9-8-16-30-18-19/h5-18,26H,3-4H2,1-2H3/t26-/m1/s1. The number of ether oxygens (including phenoxy) is 2. The molecule has 0 fully saturated rings. The number of thiazole rings is 1. The quantitative estimate of drug-likeness (QED) is 0.353. The molecule has 0 unspecified atom stereocenters. The van der Waals surface area contributed by atoms with E-state index in [1.165, 1.54) is 11.3 Å². The number of carbonyl (C=O) groups excluding carboxylic acids is 1. The molecule has 0 amide bonds. The highest BCUT2D eigenvalue weighted by atomic mass is 32.1. The summed E-state index contributed by atoms with van der Waals surface area (Å²) in [5.41, 5.74) is 2.90. The van der Waals surface area contributed by atoms with Crippen LogP contribution in [-0.2, 0) is 9.53 Å². The van der Waals surface area contributed by atoms with E-state index in [-0.39, 0.29) is 12.2 Å². The highest BCUT2D eigenvalue weighted by Gasteiger charge is 2.35. The van der Waals surface area contributed by atoms with Crippen LogP contribution in [0.3, 0.4) is 0 Å². The zero-order valence-corrected chi connectivity index (χ0v) is 21.3. The van der Waals surface area contributed by atoms with Crippen molar-refractivity contribution in [2.45, 2.75) is 19.9 Å². The molecule has 0 radical (unpaired) electrons. The molecule has 0 saturated carbocycles. The predicted molar refractivity (Wildman–Crippen MR) is 143 cm³/mol. The molecule has 8 heteroatoms. The molecular weight excluding hydrogens is 486 g/mol. The van der Waals surface area contributed by atoms with Crippen LogP contribution in [0.5, 0.6) is 5.75 Å². The number of esters is 1. The van der Waals surface area contributed by atoms with E-state index in [0.29, 0.717) is 33.0 Å². The van der Waals surface area contributed by atoms with Crippen LogP contribution in [0.2, 0.25) is 0 Å². The van der Waals surface area contributed by atoms with E-state index in [0.717, 1.165) is 16.7 Å². The third-order valence-corrected chi connectivity index (χ3v) is 6.85. The lowest BCUT2D eigenvalue weighted by atomic mass is 9.93. The van der Waals surface area contributed by atoms with Gasteiger partial charge in [0.15, 0.2) is 4.80 Å². The number of rotatable bonds is 7. The molecule has 0 N–H and O–H groups in total. The third-order valence-electron chi connectivity index (χ3n) is 5.86. The highest BCUT2D eigenvalue weighted by molar-refractivity contribution is 7.07. The molecule has 4 aromatic rings. The topological polar surface area (TPSA) is 82.8 Å². The van der Waals surface area contributed by atoms with Crippen LogP contribution in [0.15, 0.2) is 94.5 Å². The van der Waals surface area contributed by atoms with Gasteiger partial charge >= 0.3 is 5.97 Å². The monoisotopic (exact) mass is 511 g/mol. The molecule has 0 saturated heterocycles. The Hall–Kier alpha value is -4.30. The maximum absolute atomic E-state index is 13.8. The van der Waals surface area contributed by atoms with Crippen LogP contribution >= 0.6 is 11.3 Å². The summed E-state index contributed by atoms with van der Waals surface area (Å²) in [6.07, 6.45) is 5.17. The molecular formula is C29H25N3O4S. The Labute approximate surface area is 217 Å². The Balaban J connectivity index is 1.80. The van der Waals surface area contributed by atoms with E-state index in [2.05, 4.69) is 4.98 Å². The van der Waals surface area contributed by atoms with Crippen molar-refractivity contribution in [1.29, 1.82) is 0 Å². The number of fused-ring (bicyclic) bond motifs is 1. The van der Waals surface area contributed by atoms with Gasteiger partial charge in [-0.1, -0.05) is 59.9 Å². The van der Waals surface area contributed by atoms with Gasteiger partial charge in [0, 0.05) is 18.0 Å². The number of benzene rings is 2. The van der Waals surface area contributed by atoms with Crippen molar-refractivity contribution in [3.8, 4) is 5.75 Å². The summed E-state index contributed by atoms with van der Waals surface area (Å²) in [7, 11) is 0. The molecule has 5 rings (SSSR count). The molecule has 1 atom stereocenters. The zero-order valence-electron chi connectivity index (χ0n) is 20.5. The normalized spacial score (nSPS) is 15.2. The lowest BCUT2D eigenvalue weighted by Gasteiger charge is -2.26. The summed E-state index contributed by atoms with van der Waals surface area (Å²) >= 11 is 1.28. The largest absolute Gasteiger partial charge is 0.494 e. The van der Waals surface area contributed by atoms with Crippen LogP contribution < -0.4 is 19.6 Å². The van der Waals surface area contributed by atoms with Gasteiger partial charge in [-0.15, -0.1) is 0 Å². The minimum atomic E-state index is -0.725. The van der Waals surface area contributed by atoms with Crippen LogP contribution in [0.25, 0.3) is 11.8 Å². The zero-order chi connectivity index (χ0) is 25.8. The van der Waals surface area contributed by atoms with Crippen molar-refractivity contribution in [1.82, 2.24) is 9.55 Å². The first-order chi connectivity index (χ1) is 18.1. The van der Waals surface area contributed by atoms with Crippen LogP contribution in [0.4, 0.5) is 0 Å². The van der Waals surface area contributed by atoms with E-state index in [9.17, 15) is 9.59 Å².